The zero-order valence-corrected chi connectivity index (χ0v) is 18.2. The second-order valence-electron chi connectivity index (χ2n) is 7.64. The van der Waals surface area contributed by atoms with Crippen LogP contribution in [0.3, 0.4) is 0 Å². The Morgan fingerprint density at radius 1 is 1.06 bits per heavy atom. The molecule has 31 heavy (non-hydrogen) atoms. The maximum Gasteiger partial charge on any atom is 0.253 e. The monoisotopic (exact) mass is 439 g/mol. The molecule has 4 rings (SSSR count). The van der Waals surface area contributed by atoms with Crippen LogP contribution in [0.15, 0.2) is 72.1 Å². The molecule has 1 saturated heterocycles. The van der Waals surface area contributed by atoms with E-state index >= 15 is 0 Å². The summed E-state index contributed by atoms with van der Waals surface area (Å²) in [6.45, 7) is 1.55. The van der Waals surface area contributed by atoms with E-state index in [-0.39, 0.29) is 5.91 Å². The van der Waals surface area contributed by atoms with Crippen LogP contribution in [-0.4, -0.2) is 54.2 Å². The third kappa shape index (κ3) is 4.64. The highest BCUT2D eigenvalue weighted by Gasteiger charge is 2.33. The van der Waals surface area contributed by atoms with Crippen LogP contribution in [0.1, 0.15) is 28.8 Å². The second-order valence-corrected chi connectivity index (χ2v) is 9.87. The lowest BCUT2D eigenvalue weighted by Crippen LogP contribution is -2.42. The molecule has 2 aromatic carbocycles. The van der Waals surface area contributed by atoms with Crippen LogP contribution in [-0.2, 0) is 16.4 Å². The Hall–Kier alpha value is -3.13. The van der Waals surface area contributed by atoms with Crippen molar-refractivity contribution in [1.29, 1.82) is 0 Å². The summed E-state index contributed by atoms with van der Waals surface area (Å²) in [5, 5.41) is -0.484. The van der Waals surface area contributed by atoms with Gasteiger partial charge in [0, 0.05) is 37.6 Å². The molecule has 1 aromatic heterocycles. The van der Waals surface area contributed by atoms with Gasteiger partial charge >= 0.3 is 0 Å². The van der Waals surface area contributed by atoms with Gasteiger partial charge in [0.25, 0.3) is 5.91 Å². The first-order chi connectivity index (χ1) is 15.0. The number of nitrogens with zero attached hydrogens (tertiary/aromatic N) is 3. The van der Waals surface area contributed by atoms with E-state index in [2.05, 4.69) is 4.98 Å². The lowest BCUT2D eigenvalue weighted by atomic mass is 10.1. The number of hydrogen-bond donors (Lipinski definition) is 0. The number of ether oxygens (including phenoxy) is 1. The maximum absolute atomic E-state index is 13.0. The van der Waals surface area contributed by atoms with Crippen molar-refractivity contribution in [2.24, 2.45) is 0 Å². The molecule has 1 aliphatic rings. The molecule has 8 heteroatoms. The highest BCUT2D eigenvalue weighted by atomic mass is 32.2. The van der Waals surface area contributed by atoms with Gasteiger partial charge in [0.1, 0.15) is 5.75 Å². The van der Waals surface area contributed by atoms with Crippen molar-refractivity contribution in [1.82, 2.24) is 14.5 Å². The molecule has 0 bridgehead atoms. The minimum absolute atomic E-state index is 0.0607. The Morgan fingerprint density at radius 2 is 1.74 bits per heavy atom. The van der Waals surface area contributed by atoms with Crippen LogP contribution in [0.2, 0.25) is 0 Å². The van der Waals surface area contributed by atoms with Crippen LogP contribution in [0.4, 0.5) is 0 Å². The van der Waals surface area contributed by atoms with Gasteiger partial charge in [-0.05, 0) is 54.8 Å². The first kappa shape index (κ1) is 21.1. The van der Waals surface area contributed by atoms with Crippen LogP contribution < -0.4 is 4.74 Å². The predicted octanol–water partition coefficient (Wildman–Crippen LogP) is 3.02. The molecule has 1 fully saturated rings. The lowest BCUT2D eigenvalue weighted by Gasteiger charge is -2.32. The van der Waals surface area contributed by atoms with Crippen LogP contribution in [0.5, 0.6) is 5.75 Å². The molecule has 1 amide bonds. The molecule has 7 nitrogen and oxygen atoms in total. The van der Waals surface area contributed by atoms with Gasteiger partial charge in [-0.15, -0.1) is 0 Å². The van der Waals surface area contributed by atoms with Crippen LogP contribution >= 0.6 is 0 Å². The van der Waals surface area contributed by atoms with E-state index in [1.165, 1.54) is 0 Å². The molecule has 0 aliphatic carbocycles. The smallest absolute Gasteiger partial charge is 0.253 e. The molecule has 0 saturated carbocycles. The number of rotatable bonds is 6. The number of benzene rings is 2. The van der Waals surface area contributed by atoms with Crippen molar-refractivity contribution in [3.8, 4) is 5.75 Å². The van der Waals surface area contributed by atoms with Gasteiger partial charge in [0.15, 0.2) is 9.84 Å². The Kier molecular flexibility index (Phi) is 6.08. The average molecular weight is 440 g/mol. The quantitative estimate of drug-likeness (QED) is 0.590. The zero-order chi connectivity index (χ0) is 21.8. The lowest BCUT2D eigenvalue weighted by molar-refractivity contribution is 0.0725. The maximum atomic E-state index is 13.0. The molecule has 162 valence electrons. The van der Waals surface area contributed by atoms with Crippen molar-refractivity contribution >= 4 is 15.7 Å². The van der Waals surface area contributed by atoms with Gasteiger partial charge in [-0.1, -0.05) is 12.1 Å². The van der Waals surface area contributed by atoms with Gasteiger partial charge in [0.2, 0.25) is 0 Å². The van der Waals surface area contributed by atoms with E-state index in [1.54, 1.807) is 48.8 Å². The minimum Gasteiger partial charge on any atom is -0.497 e. The number of aromatic nitrogens is 2. The average Bonchev–Trinajstić information content (AvgIpc) is 3.32. The number of likely N-dealkylation sites (tertiary alicyclic amines) is 1. The number of piperidine rings is 1. The molecular weight excluding hydrogens is 414 g/mol. The van der Waals surface area contributed by atoms with E-state index in [4.69, 9.17) is 4.74 Å². The predicted molar refractivity (Wildman–Crippen MR) is 117 cm³/mol. The number of imidazole rings is 1. The largest absolute Gasteiger partial charge is 0.497 e. The van der Waals surface area contributed by atoms with E-state index in [1.807, 2.05) is 35.0 Å². The second kappa shape index (κ2) is 8.93. The fourth-order valence-corrected chi connectivity index (χ4v) is 5.59. The van der Waals surface area contributed by atoms with E-state index in [0.717, 1.165) is 5.56 Å². The number of amides is 1. The van der Waals surface area contributed by atoms with Crippen molar-refractivity contribution in [3.05, 3.63) is 78.4 Å². The molecule has 3 aromatic rings. The van der Waals surface area contributed by atoms with Crippen molar-refractivity contribution < 1.29 is 17.9 Å². The minimum atomic E-state index is -3.43. The van der Waals surface area contributed by atoms with E-state index < -0.39 is 15.1 Å². The molecular formula is C23H25N3O4S. The fraction of sp³-hybridized carbons (Fsp3) is 0.304. The van der Waals surface area contributed by atoms with Crippen molar-refractivity contribution in [2.75, 3.05) is 20.2 Å². The summed E-state index contributed by atoms with van der Waals surface area (Å²) in [7, 11) is -1.89. The fourth-order valence-electron chi connectivity index (χ4n) is 3.85. The number of carbonyl (C=O) groups excluding carboxylic acids is 1. The normalized spacial score (nSPS) is 15.1. The van der Waals surface area contributed by atoms with Gasteiger partial charge in [-0.25, -0.2) is 13.4 Å². The van der Waals surface area contributed by atoms with Crippen LogP contribution in [0.25, 0.3) is 0 Å². The SMILES string of the molecule is COc1ccc(S(=O)(=O)C2CCN(C(=O)c3ccc(Cn4ccnc4)cc3)CC2)cc1. The third-order valence-corrected chi connectivity index (χ3v) is 7.96. The molecule has 0 radical (unpaired) electrons. The summed E-state index contributed by atoms with van der Waals surface area (Å²) in [6, 6.07) is 14.0. The van der Waals surface area contributed by atoms with Crippen molar-refractivity contribution in [2.45, 2.75) is 29.5 Å². The number of sulfone groups is 1. The molecule has 0 N–H and O–H groups in total. The first-order valence-corrected chi connectivity index (χ1v) is 11.7. The number of methoxy groups -OCH3 is 1. The summed E-state index contributed by atoms with van der Waals surface area (Å²) in [4.78, 5) is 18.9. The zero-order valence-electron chi connectivity index (χ0n) is 17.3. The standard InChI is InChI=1S/C23H25N3O4S/c1-30-20-6-8-21(9-7-20)31(28,29)22-10-13-26(14-11-22)23(27)19-4-2-18(3-5-19)16-25-15-12-24-17-25/h2-9,12,15,17,22H,10-11,13-14,16H2,1H3. The van der Waals surface area contributed by atoms with Crippen LogP contribution in [0, 0.1) is 0 Å². The third-order valence-electron chi connectivity index (χ3n) is 5.68. The van der Waals surface area contributed by atoms with Crippen molar-refractivity contribution in [3.63, 3.8) is 0 Å². The molecule has 0 atom stereocenters. The molecule has 0 spiro atoms. The summed E-state index contributed by atoms with van der Waals surface area (Å²) in [6.07, 6.45) is 6.24. The van der Waals surface area contributed by atoms with E-state index in [9.17, 15) is 13.2 Å². The molecule has 1 aliphatic heterocycles. The first-order valence-electron chi connectivity index (χ1n) is 10.2. The Bertz CT molecular complexity index is 1120. The Labute approximate surface area is 182 Å². The highest BCUT2D eigenvalue weighted by molar-refractivity contribution is 7.92. The number of carbonyl (C=O) groups is 1. The molecule has 0 unspecified atom stereocenters. The summed E-state index contributed by atoms with van der Waals surface area (Å²) >= 11 is 0. The van der Waals surface area contributed by atoms with Gasteiger partial charge in [-0.3, -0.25) is 4.79 Å². The van der Waals surface area contributed by atoms with Gasteiger partial charge < -0.3 is 14.2 Å². The van der Waals surface area contributed by atoms with E-state index in [0.29, 0.717) is 48.7 Å². The highest BCUT2D eigenvalue weighted by Crippen LogP contribution is 2.26. The molecule has 2 heterocycles. The van der Waals surface area contributed by atoms with Gasteiger partial charge in [0.05, 0.1) is 23.6 Å². The number of hydrogen-bond acceptors (Lipinski definition) is 5. The Morgan fingerprint density at radius 3 is 2.32 bits per heavy atom. The summed E-state index contributed by atoms with van der Waals surface area (Å²) < 4.78 is 33.0. The Balaban J connectivity index is 1.37. The summed E-state index contributed by atoms with van der Waals surface area (Å²) in [5.41, 5.74) is 1.70. The summed E-state index contributed by atoms with van der Waals surface area (Å²) in [5.74, 6) is 0.560. The topological polar surface area (TPSA) is 81.5 Å². The van der Waals surface area contributed by atoms with Gasteiger partial charge in [-0.2, -0.15) is 0 Å².